The highest BCUT2D eigenvalue weighted by molar-refractivity contribution is 5.87. The Kier molecular flexibility index (Phi) is 8.47. The molecule has 0 aromatic heterocycles. The van der Waals surface area contributed by atoms with Gasteiger partial charge in [-0.05, 0) is 37.6 Å². The van der Waals surface area contributed by atoms with Gasteiger partial charge in [0.1, 0.15) is 36.6 Å². The van der Waals surface area contributed by atoms with Crippen molar-refractivity contribution < 1.29 is 37.3 Å². The van der Waals surface area contributed by atoms with Crippen LogP contribution in [0.1, 0.15) is 13.8 Å². The van der Waals surface area contributed by atoms with Crippen LogP contribution >= 0.6 is 0 Å². The van der Waals surface area contributed by atoms with E-state index in [4.69, 9.17) is 14.2 Å². The molecule has 166 valence electrons. The predicted molar refractivity (Wildman–Crippen MR) is 113 cm³/mol. The third kappa shape index (κ3) is 6.94. The quantitative estimate of drug-likeness (QED) is 0.287. The van der Waals surface area contributed by atoms with Crippen LogP contribution in [0, 0.1) is 11.6 Å². The molecule has 0 saturated carbocycles. The van der Waals surface area contributed by atoms with E-state index in [-0.39, 0.29) is 22.5 Å². The lowest BCUT2D eigenvalue weighted by Gasteiger charge is -2.08. The second-order valence-electron chi connectivity index (χ2n) is 6.44. The summed E-state index contributed by atoms with van der Waals surface area (Å²) in [6, 6.07) is 7.96. The lowest BCUT2D eigenvalue weighted by Crippen LogP contribution is -2.00. The van der Waals surface area contributed by atoms with Gasteiger partial charge in [0.05, 0.1) is 0 Å². The van der Waals surface area contributed by atoms with Gasteiger partial charge in [-0.1, -0.05) is 25.3 Å². The van der Waals surface area contributed by atoms with Gasteiger partial charge in [-0.25, -0.2) is 18.4 Å². The van der Waals surface area contributed by atoms with Gasteiger partial charge in [0, 0.05) is 22.8 Å². The fourth-order valence-electron chi connectivity index (χ4n) is 2.14. The van der Waals surface area contributed by atoms with E-state index < -0.39 is 23.6 Å². The summed E-state index contributed by atoms with van der Waals surface area (Å²) in [5, 5.41) is 0. The summed E-state index contributed by atoms with van der Waals surface area (Å²) in [5.74, 6) is -2.82. The largest absolute Gasteiger partial charge is 0.462 e. The molecule has 0 saturated heterocycles. The molecule has 0 radical (unpaired) electrons. The Balaban J connectivity index is 2.03. The number of benzene rings is 2. The molecule has 0 heterocycles. The van der Waals surface area contributed by atoms with E-state index >= 15 is 0 Å². The SMILES string of the molecule is C=C(C)C(=O)OC=COc1ccc(-c2cc(F)c(OC=COC(=O)C(=C)C)cc2F)cc1. The molecule has 2 aromatic carbocycles. The first-order chi connectivity index (χ1) is 15.2. The van der Waals surface area contributed by atoms with Gasteiger partial charge in [-0.15, -0.1) is 0 Å². The zero-order valence-corrected chi connectivity index (χ0v) is 17.4. The molecule has 0 aliphatic carbocycles. The number of carbonyl (C=O) groups is 2. The van der Waals surface area contributed by atoms with Crippen LogP contribution in [-0.2, 0) is 19.1 Å². The molecule has 0 spiro atoms. The van der Waals surface area contributed by atoms with Crippen molar-refractivity contribution in [3.05, 3.63) is 97.4 Å². The molecule has 6 nitrogen and oxygen atoms in total. The summed E-state index contributed by atoms with van der Waals surface area (Å²) >= 11 is 0. The van der Waals surface area contributed by atoms with Crippen LogP contribution in [0.15, 0.2) is 85.8 Å². The minimum atomic E-state index is -0.820. The Morgan fingerprint density at radius 2 is 1.31 bits per heavy atom. The number of carbonyl (C=O) groups excluding carboxylic acids is 2. The minimum Gasteiger partial charge on any atom is -0.462 e. The Bertz CT molecular complexity index is 1080. The van der Waals surface area contributed by atoms with E-state index in [2.05, 4.69) is 17.9 Å². The molecule has 0 unspecified atom stereocenters. The van der Waals surface area contributed by atoms with Crippen LogP contribution < -0.4 is 9.47 Å². The van der Waals surface area contributed by atoms with Crippen molar-refractivity contribution in [1.82, 2.24) is 0 Å². The maximum absolute atomic E-state index is 14.5. The number of esters is 2. The Labute approximate surface area is 183 Å². The van der Waals surface area contributed by atoms with Crippen LogP contribution in [0.25, 0.3) is 11.1 Å². The van der Waals surface area contributed by atoms with Gasteiger partial charge in [0.15, 0.2) is 11.6 Å². The Morgan fingerprint density at radius 3 is 1.84 bits per heavy atom. The summed E-state index contributed by atoms with van der Waals surface area (Å²) < 4.78 is 48.4. The number of rotatable bonds is 9. The first-order valence-corrected chi connectivity index (χ1v) is 9.15. The first-order valence-electron chi connectivity index (χ1n) is 9.15. The molecule has 0 amide bonds. The van der Waals surface area contributed by atoms with Crippen LogP contribution in [0.2, 0.25) is 0 Å². The fraction of sp³-hybridized carbons (Fsp3) is 0.0833. The van der Waals surface area contributed by atoms with Crippen molar-refractivity contribution in [2.24, 2.45) is 0 Å². The lowest BCUT2D eigenvalue weighted by molar-refractivity contribution is -0.134. The van der Waals surface area contributed by atoms with E-state index in [1.54, 1.807) is 0 Å². The van der Waals surface area contributed by atoms with Gasteiger partial charge in [-0.3, -0.25) is 0 Å². The molecular formula is C24H20F2O6. The molecule has 2 aromatic rings. The third-order valence-electron chi connectivity index (χ3n) is 3.74. The van der Waals surface area contributed by atoms with Crippen LogP contribution in [-0.4, -0.2) is 11.9 Å². The normalized spacial score (nSPS) is 10.8. The second-order valence-corrected chi connectivity index (χ2v) is 6.44. The molecule has 0 atom stereocenters. The zero-order chi connectivity index (χ0) is 23.7. The monoisotopic (exact) mass is 442 g/mol. The van der Waals surface area contributed by atoms with E-state index in [0.29, 0.717) is 11.3 Å². The highest BCUT2D eigenvalue weighted by Gasteiger charge is 2.13. The number of hydrogen-bond donors (Lipinski definition) is 0. The van der Waals surface area contributed by atoms with Crippen LogP contribution in [0.4, 0.5) is 8.78 Å². The molecule has 8 heteroatoms. The molecule has 2 rings (SSSR count). The van der Waals surface area contributed by atoms with Gasteiger partial charge < -0.3 is 18.9 Å². The smallest absolute Gasteiger partial charge is 0.338 e. The Hall–Kier alpha value is -4.20. The first kappa shape index (κ1) is 24.1. The van der Waals surface area contributed by atoms with Gasteiger partial charge in [-0.2, -0.15) is 0 Å². The van der Waals surface area contributed by atoms with Crippen LogP contribution in [0.5, 0.6) is 11.5 Å². The average molecular weight is 442 g/mol. The highest BCUT2D eigenvalue weighted by atomic mass is 19.1. The van der Waals surface area contributed by atoms with Crippen molar-refractivity contribution in [2.45, 2.75) is 13.8 Å². The highest BCUT2D eigenvalue weighted by Crippen LogP contribution is 2.30. The molecular weight excluding hydrogens is 422 g/mol. The van der Waals surface area contributed by atoms with Crippen molar-refractivity contribution in [3.63, 3.8) is 0 Å². The van der Waals surface area contributed by atoms with E-state index in [0.717, 1.165) is 37.2 Å². The summed E-state index contributed by atoms with van der Waals surface area (Å²) in [6.45, 7) is 9.81. The lowest BCUT2D eigenvalue weighted by atomic mass is 10.0. The van der Waals surface area contributed by atoms with Gasteiger partial charge >= 0.3 is 11.9 Å². The average Bonchev–Trinajstić information content (AvgIpc) is 2.76. The zero-order valence-electron chi connectivity index (χ0n) is 17.4. The molecule has 0 bridgehead atoms. The third-order valence-corrected chi connectivity index (χ3v) is 3.74. The number of hydrogen-bond acceptors (Lipinski definition) is 6. The summed E-state index contributed by atoms with van der Waals surface area (Å²) in [7, 11) is 0. The van der Waals surface area contributed by atoms with E-state index in [1.165, 1.54) is 38.1 Å². The van der Waals surface area contributed by atoms with Gasteiger partial charge in [0.2, 0.25) is 0 Å². The molecule has 0 N–H and O–H groups in total. The fourth-order valence-corrected chi connectivity index (χ4v) is 2.14. The molecule has 0 aliphatic heterocycles. The van der Waals surface area contributed by atoms with Gasteiger partial charge in [0.25, 0.3) is 0 Å². The summed E-state index contributed by atoms with van der Waals surface area (Å²) in [6.07, 6.45) is 4.02. The standard InChI is InChI=1S/C24H20F2O6/c1-15(2)23(27)31-11-9-29-18-7-5-17(6-8-18)19-13-21(26)22(14-20(19)25)30-10-12-32-24(28)16(3)4/h5-14H,1,3H2,2,4H3. The second kappa shape index (κ2) is 11.3. The Morgan fingerprint density at radius 1 is 0.781 bits per heavy atom. The number of halogens is 2. The van der Waals surface area contributed by atoms with E-state index in [9.17, 15) is 18.4 Å². The topological polar surface area (TPSA) is 71.1 Å². The van der Waals surface area contributed by atoms with Crippen LogP contribution in [0.3, 0.4) is 0 Å². The van der Waals surface area contributed by atoms with Crippen molar-refractivity contribution in [1.29, 1.82) is 0 Å². The minimum absolute atomic E-state index is 0.00465. The summed E-state index contributed by atoms with van der Waals surface area (Å²) in [5.41, 5.74) is 0.815. The number of ether oxygens (including phenoxy) is 4. The molecule has 0 fully saturated rings. The molecule has 0 aliphatic rings. The van der Waals surface area contributed by atoms with Crippen molar-refractivity contribution >= 4 is 11.9 Å². The maximum atomic E-state index is 14.5. The van der Waals surface area contributed by atoms with Crippen molar-refractivity contribution in [3.8, 4) is 22.6 Å². The predicted octanol–water partition coefficient (Wildman–Crippen LogP) is 5.57. The van der Waals surface area contributed by atoms with Crippen molar-refractivity contribution in [2.75, 3.05) is 0 Å². The van der Waals surface area contributed by atoms with E-state index in [1.807, 2.05) is 0 Å². The molecule has 32 heavy (non-hydrogen) atoms. The maximum Gasteiger partial charge on any atom is 0.338 e. The summed E-state index contributed by atoms with van der Waals surface area (Å²) in [4.78, 5) is 22.5.